The summed E-state index contributed by atoms with van der Waals surface area (Å²) in [5, 5.41) is 9.72. The van der Waals surface area contributed by atoms with Gasteiger partial charge in [-0.25, -0.2) is 4.68 Å². The van der Waals surface area contributed by atoms with Gasteiger partial charge in [0.15, 0.2) is 0 Å². The highest BCUT2D eigenvalue weighted by Crippen LogP contribution is 2.18. The predicted octanol–water partition coefficient (Wildman–Crippen LogP) is 2.32. The number of para-hydroxylation sites is 1. The predicted molar refractivity (Wildman–Crippen MR) is 106 cm³/mol. The van der Waals surface area contributed by atoms with E-state index < -0.39 is 0 Å². The highest BCUT2D eigenvalue weighted by Gasteiger charge is 2.12. The van der Waals surface area contributed by atoms with E-state index in [9.17, 15) is 9.59 Å². The molecule has 6 nitrogen and oxygen atoms in total. The van der Waals surface area contributed by atoms with Crippen molar-refractivity contribution in [2.45, 2.75) is 12.8 Å². The number of H-pyrrole nitrogens is 1. The lowest BCUT2D eigenvalue weighted by molar-refractivity contribution is -0.120. The van der Waals surface area contributed by atoms with Crippen LogP contribution in [-0.2, 0) is 24.7 Å². The van der Waals surface area contributed by atoms with Gasteiger partial charge in [-0.05, 0) is 24.1 Å². The van der Waals surface area contributed by atoms with Gasteiger partial charge in [-0.15, -0.1) is 0 Å². The number of nitrogens with zero attached hydrogens (tertiary/aromatic N) is 2. The Morgan fingerprint density at radius 1 is 1.07 bits per heavy atom. The summed E-state index contributed by atoms with van der Waals surface area (Å²) in [7, 11) is 1.60. The molecule has 0 saturated heterocycles. The minimum absolute atomic E-state index is 0.105. The smallest absolute Gasteiger partial charge is 0.274 e. The third-order valence-corrected chi connectivity index (χ3v) is 4.75. The van der Waals surface area contributed by atoms with E-state index in [2.05, 4.69) is 21.5 Å². The standard InChI is InChI=1S/C21H20N4O2/c1-25-21(27)17-8-3-2-7-16(17)19(24-25)12-20(26)22-11-10-14-13-23-18-9-5-4-6-15(14)18/h2-9,13,23H,10-12H2,1H3,(H,22,26). The molecule has 0 aliphatic heterocycles. The molecular weight excluding hydrogens is 340 g/mol. The normalized spacial score (nSPS) is 11.1. The van der Waals surface area contributed by atoms with Crippen LogP contribution in [0.3, 0.4) is 0 Å². The number of rotatable bonds is 5. The van der Waals surface area contributed by atoms with Crippen molar-refractivity contribution in [1.29, 1.82) is 0 Å². The highest BCUT2D eigenvalue weighted by atomic mass is 16.1. The van der Waals surface area contributed by atoms with Crippen molar-refractivity contribution in [2.24, 2.45) is 7.05 Å². The molecule has 0 radical (unpaired) electrons. The summed E-state index contributed by atoms with van der Waals surface area (Å²) in [6, 6.07) is 15.4. The molecule has 4 rings (SSSR count). The maximum Gasteiger partial charge on any atom is 0.274 e. The summed E-state index contributed by atoms with van der Waals surface area (Å²) in [4.78, 5) is 27.8. The molecule has 0 saturated carbocycles. The van der Waals surface area contributed by atoms with Gasteiger partial charge in [0.25, 0.3) is 5.56 Å². The van der Waals surface area contributed by atoms with Gasteiger partial charge in [0.05, 0.1) is 17.5 Å². The molecule has 0 bridgehead atoms. The number of fused-ring (bicyclic) bond motifs is 2. The Labute approximate surface area is 155 Å². The van der Waals surface area contributed by atoms with Gasteiger partial charge >= 0.3 is 0 Å². The first-order valence-electron chi connectivity index (χ1n) is 8.90. The van der Waals surface area contributed by atoms with Crippen LogP contribution in [0, 0.1) is 0 Å². The third-order valence-electron chi connectivity index (χ3n) is 4.75. The third kappa shape index (κ3) is 3.33. The van der Waals surface area contributed by atoms with E-state index in [1.807, 2.05) is 42.6 Å². The Bertz CT molecular complexity index is 1190. The minimum Gasteiger partial charge on any atom is -0.361 e. The van der Waals surface area contributed by atoms with Crippen molar-refractivity contribution in [1.82, 2.24) is 20.1 Å². The molecule has 0 fully saturated rings. The molecule has 136 valence electrons. The number of aromatic nitrogens is 3. The summed E-state index contributed by atoms with van der Waals surface area (Å²) in [5.74, 6) is -0.105. The zero-order valence-electron chi connectivity index (χ0n) is 15.0. The van der Waals surface area contributed by atoms with Crippen molar-refractivity contribution in [3.63, 3.8) is 0 Å². The number of carbonyl (C=O) groups is 1. The lowest BCUT2D eigenvalue weighted by Crippen LogP contribution is -2.29. The van der Waals surface area contributed by atoms with Crippen LogP contribution >= 0.6 is 0 Å². The SMILES string of the molecule is Cn1nc(CC(=O)NCCc2c[nH]c3ccccc23)c2ccccc2c1=O. The van der Waals surface area contributed by atoms with Crippen LogP contribution in [-0.4, -0.2) is 27.2 Å². The Kier molecular flexibility index (Phi) is 4.46. The Hall–Kier alpha value is -3.41. The average Bonchev–Trinajstić information content (AvgIpc) is 3.09. The van der Waals surface area contributed by atoms with Gasteiger partial charge in [0.2, 0.25) is 5.91 Å². The van der Waals surface area contributed by atoms with Crippen LogP contribution in [0.25, 0.3) is 21.7 Å². The molecule has 2 aromatic carbocycles. The number of aryl methyl sites for hydroxylation is 1. The van der Waals surface area contributed by atoms with Gasteiger partial charge in [-0.2, -0.15) is 5.10 Å². The molecule has 27 heavy (non-hydrogen) atoms. The molecule has 2 aromatic heterocycles. The fraction of sp³-hybridized carbons (Fsp3) is 0.190. The quantitative estimate of drug-likeness (QED) is 0.573. The van der Waals surface area contributed by atoms with Crippen molar-refractivity contribution in [3.8, 4) is 0 Å². The van der Waals surface area contributed by atoms with Gasteiger partial charge in [0.1, 0.15) is 0 Å². The first-order valence-corrected chi connectivity index (χ1v) is 8.90. The Balaban J connectivity index is 1.45. The second-order valence-corrected chi connectivity index (χ2v) is 6.56. The summed E-state index contributed by atoms with van der Waals surface area (Å²) in [6.45, 7) is 0.546. The molecule has 2 heterocycles. The van der Waals surface area contributed by atoms with Gasteiger partial charge in [-0.1, -0.05) is 36.4 Å². The molecule has 0 aliphatic rings. The van der Waals surface area contributed by atoms with Crippen LogP contribution < -0.4 is 10.9 Å². The topological polar surface area (TPSA) is 79.8 Å². The lowest BCUT2D eigenvalue weighted by atomic mass is 10.1. The summed E-state index contributed by atoms with van der Waals surface area (Å²) >= 11 is 0. The number of nitrogens with one attached hydrogen (secondary N) is 2. The average molecular weight is 360 g/mol. The summed E-state index contributed by atoms with van der Waals surface area (Å²) in [6.07, 6.45) is 2.87. The van der Waals surface area contributed by atoms with Crippen LogP contribution in [0.2, 0.25) is 0 Å². The monoisotopic (exact) mass is 360 g/mol. The van der Waals surface area contributed by atoms with Gasteiger partial charge in [-0.3, -0.25) is 9.59 Å². The number of amides is 1. The first-order chi connectivity index (χ1) is 13.1. The van der Waals surface area contributed by atoms with Crippen LogP contribution in [0.15, 0.2) is 59.5 Å². The summed E-state index contributed by atoms with van der Waals surface area (Å²) in [5.41, 5.74) is 2.72. The van der Waals surface area contributed by atoms with E-state index in [4.69, 9.17) is 0 Å². The van der Waals surface area contributed by atoms with E-state index >= 15 is 0 Å². The van der Waals surface area contributed by atoms with Crippen molar-refractivity contribution in [3.05, 3.63) is 76.3 Å². The Morgan fingerprint density at radius 3 is 2.59 bits per heavy atom. The highest BCUT2D eigenvalue weighted by molar-refractivity contribution is 5.88. The molecule has 0 aliphatic carbocycles. The van der Waals surface area contributed by atoms with Crippen molar-refractivity contribution < 1.29 is 4.79 Å². The molecule has 6 heteroatoms. The molecule has 2 N–H and O–H groups in total. The number of aromatic amines is 1. The van der Waals surface area contributed by atoms with E-state index in [1.54, 1.807) is 13.1 Å². The van der Waals surface area contributed by atoms with E-state index in [1.165, 1.54) is 15.6 Å². The molecule has 0 spiro atoms. The number of hydrogen-bond acceptors (Lipinski definition) is 3. The van der Waals surface area contributed by atoms with Crippen molar-refractivity contribution in [2.75, 3.05) is 6.54 Å². The molecule has 0 atom stereocenters. The summed E-state index contributed by atoms with van der Waals surface area (Å²) < 4.78 is 1.29. The fourth-order valence-corrected chi connectivity index (χ4v) is 3.40. The van der Waals surface area contributed by atoms with Crippen LogP contribution in [0.4, 0.5) is 0 Å². The number of benzene rings is 2. The molecule has 1 amide bonds. The molecule has 0 unspecified atom stereocenters. The second kappa shape index (κ2) is 7.07. The molecule has 4 aromatic rings. The van der Waals surface area contributed by atoms with E-state index in [-0.39, 0.29) is 17.9 Å². The zero-order valence-corrected chi connectivity index (χ0v) is 15.0. The van der Waals surface area contributed by atoms with Gasteiger partial charge in [0, 0.05) is 36.1 Å². The number of hydrogen-bond donors (Lipinski definition) is 2. The first kappa shape index (κ1) is 17.0. The maximum atomic E-state index is 12.4. The second-order valence-electron chi connectivity index (χ2n) is 6.56. The number of carbonyl (C=O) groups excluding carboxylic acids is 1. The largest absolute Gasteiger partial charge is 0.361 e. The van der Waals surface area contributed by atoms with Crippen molar-refractivity contribution >= 4 is 27.6 Å². The van der Waals surface area contributed by atoms with Crippen LogP contribution in [0.5, 0.6) is 0 Å². The Morgan fingerprint density at radius 2 is 1.78 bits per heavy atom. The fourth-order valence-electron chi connectivity index (χ4n) is 3.40. The van der Waals surface area contributed by atoms with Gasteiger partial charge < -0.3 is 10.3 Å². The maximum absolute atomic E-state index is 12.4. The molecular formula is C21H20N4O2. The van der Waals surface area contributed by atoms with E-state index in [0.29, 0.717) is 17.6 Å². The van der Waals surface area contributed by atoms with E-state index in [0.717, 1.165) is 17.3 Å². The zero-order chi connectivity index (χ0) is 18.8. The van der Waals surface area contributed by atoms with Crippen LogP contribution in [0.1, 0.15) is 11.3 Å². The minimum atomic E-state index is -0.158. The lowest BCUT2D eigenvalue weighted by Gasteiger charge is -2.09.